The smallest absolute Gasteiger partial charge is 0.328 e. The molecule has 1 aliphatic heterocycles. The average Bonchev–Trinajstić information content (AvgIpc) is 2.28. The van der Waals surface area contributed by atoms with E-state index in [9.17, 15) is 14.4 Å². The minimum Gasteiger partial charge on any atom is -0.480 e. The molecule has 0 radical (unpaired) electrons. The molecular weight excluding hydrogens is 230 g/mol. The number of aliphatic carboxylic acids is 1. The highest BCUT2D eigenvalue weighted by molar-refractivity contribution is 5.87. The van der Waals surface area contributed by atoms with E-state index in [2.05, 4.69) is 5.32 Å². The summed E-state index contributed by atoms with van der Waals surface area (Å²) in [6.45, 7) is -0.0299. The summed E-state index contributed by atoms with van der Waals surface area (Å²) in [4.78, 5) is 36.2. The summed E-state index contributed by atoms with van der Waals surface area (Å²) in [7, 11) is 1.63. The molecule has 0 aliphatic carbocycles. The number of likely N-dealkylation sites (N-methyl/N-ethyl adjacent to an activating group) is 1. The SMILES string of the molecule is CN1CCN(C(=O)N[C@@H](CO)C(=O)O)CC1=O. The minimum atomic E-state index is -1.35. The van der Waals surface area contributed by atoms with Crippen LogP contribution in [0.1, 0.15) is 0 Å². The molecular formula is C9H15N3O5. The van der Waals surface area contributed by atoms with Crippen LogP contribution in [0, 0.1) is 0 Å². The number of carboxylic acids is 1. The van der Waals surface area contributed by atoms with Crippen molar-refractivity contribution in [3.05, 3.63) is 0 Å². The molecule has 1 rings (SSSR count). The van der Waals surface area contributed by atoms with Crippen LogP contribution in [0.3, 0.4) is 0 Å². The van der Waals surface area contributed by atoms with Crippen molar-refractivity contribution in [1.29, 1.82) is 0 Å². The molecule has 8 nitrogen and oxygen atoms in total. The molecule has 3 N–H and O–H groups in total. The number of nitrogens with zero attached hydrogens (tertiary/aromatic N) is 2. The van der Waals surface area contributed by atoms with Crippen molar-refractivity contribution in [2.75, 3.05) is 33.3 Å². The van der Waals surface area contributed by atoms with E-state index in [0.717, 1.165) is 0 Å². The molecule has 1 atom stereocenters. The van der Waals surface area contributed by atoms with Gasteiger partial charge in [-0.3, -0.25) is 4.79 Å². The Bertz CT molecular complexity index is 333. The third-order valence-corrected chi connectivity index (χ3v) is 2.52. The van der Waals surface area contributed by atoms with Crippen LogP contribution in [-0.2, 0) is 9.59 Å². The quantitative estimate of drug-likeness (QED) is 0.528. The highest BCUT2D eigenvalue weighted by Gasteiger charge is 2.27. The summed E-state index contributed by atoms with van der Waals surface area (Å²) in [6, 6.07) is -2.01. The first kappa shape index (κ1) is 13.2. The number of hydrogen-bond acceptors (Lipinski definition) is 4. The molecule has 0 saturated carbocycles. The molecule has 17 heavy (non-hydrogen) atoms. The Kier molecular flexibility index (Phi) is 4.27. The van der Waals surface area contributed by atoms with Gasteiger partial charge in [-0.2, -0.15) is 0 Å². The van der Waals surface area contributed by atoms with Gasteiger partial charge in [-0.1, -0.05) is 0 Å². The number of piperazine rings is 1. The fraction of sp³-hybridized carbons (Fsp3) is 0.667. The number of carbonyl (C=O) groups excluding carboxylic acids is 2. The Morgan fingerprint density at radius 3 is 2.59 bits per heavy atom. The van der Waals surface area contributed by atoms with E-state index < -0.39 is 24.6 Å². The molecule has 0 spiro atoms. The maximum Gasteiger partial charge on any atom is 0.328 e. The van der Waals surface area contributed by atoms with Crippen molar-refractivity contribution in [3.8, 4) is 0 Å². The van der Waals surface area contributed by atoms with Crippen molar-refractivity contribution in [2.24, 2.45) is 0 Å². The minimum absolute atomic E-state index is 0.0832. The normalized spacial score (nSPS) is 17.9. The Hall–Kier alpha value is -1.83. The third-order valence-electron chi connectivity index (χ3n) is 2.52. The van der Waals surface area contributed by atoms with Gasteiger partial charge < -0.3 is 25.3 Å². The zero-order valence-electron chi connectivity index (χ0n) is 9.42. The van der Waals surface area contributed by atoms with E-state index in [1.165, 1.54) is 9.80 Å². The summed E-state index contributed by atoms with van der Waals surface area (Å²) in [5.41, 5.74) is 0. The van der Waals surface area contributed by atoms with Crippen LogP contribution in [0.4, 0.5) is 4.79 Å². The second-order valence-electron chi connectivity index (χ2n) is 3.76. The molecule has 0 aromatic rings. The lowest BCUT2D eigenvalue weighted by molar-refractivity contribution is -0.140. The summed E-state index contributed by atoms with van der Waals surface area (Å²) >= 11 is 0. The lowest BCUT2D eigenvalue weighted by atomic mass is 10.3. The van der Waals surface area contributed by atoms with Gasteiger partial charge in [0.25, 0.3) is 0 Å². The van der Waals surface area contributed by atoms with E-state index >= 15 is 0 Å². The van der Waals surface area contributed by atoms with Crippen LogP contribution in [0.25, 0.3) is 0 Å². The number of hydrogen-bond donors (Lipinski definition) is 3. The predicted molar refractivity (Wildman–Crippen MR) is 56.3 cm³/mol. The second-order valence-corrected chi connectivity index (χ2v) is 3.76. The number of carboxylic acid groups (broad SMARTS) is 1. The largest absolute Gasteiger partial charge is 0.480 e. The predicted octanol–water partition coefficient (Wildman–Crippen LogP) is -2.08. The van der Waals surface area contributed by atoms with Gasteiger partial charge in [-0.05, 0) is 0 Å². The number of aliphatic hydroxyl groups excluding tert-OH is 1. The van der Waals surface area contributed by atoms with Gasteiger partial charge in [-0.25, -0.2) is 9.59 Å². The van der Waals surface area contributed by atoms with Crippen molar-refractivity contribution in [2.45, 2.75) is 6.04 Å². The van der Waals surface area contributed by atoms with Crippen LogP contribution >= 0.6 is 0 Å². The van der Waals surface area contributed by atoms with E-state index in [1.54, 1.807) is 7.05 Å². The molecule has 96 valence electrons. The first-order valence-electron chi connectivity index (χ1n) is 5.08. The Morgan fingerprint density at radius 1 is 1.47 bits per heavy atom. The summed E-state index contributed by atoms with van der Waals surface area (Å²) in [5.74, 6) is -1.52. The van der Waals surface area contributed by atoms with Gasteiger partial charge in [0.1, 0.15) is 6.54 Å². The van der Waals surface area contributed by atoms with Gasteiger partial charge in [0.15, 0.2) is 6.04 Å². The summed E-state index contributed by atoms with van der Waals surface area (Å²) < 4.78 is 0. The van der Waals surface area contributed by atoms with Gasteiger partial charge in [0, 0.05) is 20.1 Å². The van der Waals surface area contributed by atoms with Crippen molar-refractivity contribution in [1.82, 2.24) is 15.1 Å². The van der Waals surface area contributed by atoms with E-state index in [0.29, 0.717) is 13.1 Å². The number of amides is 3. The van der Waals surface area contributed by atoms with Crippen molar-refractivity contribution >= 4 is 17.9 Å². The number of urea groups is 1. The van der Waals surface area contributed by atoms with Crippen LogP contribution < -0.4 is 5.32 Å². The van der Waals surface area contributed by atoms with Crippen molar-refractivity contribution in [3.63, 3.8) is 0 Å². The van der Waals surface area contributed by atoms with E-state index in [-0.39, 0.29) is 12.5 Å². The fourth-order valence-electron chi connectivity index (χ4n) is 1.36. The Balaban J connectivity index is 2.53. The monoisotopic (exact) mass is 245 g/mol. The maximum atomic E-state index is 11.6. The lowest BCUT2D eigenvalue weighted by Gasteiger charge is -2.32. The molecule has 1 fully saturated rings. The van der Waals surface area contributed by atoms with Gasteiger partial charge in [0.05, 0.1) is 6.61 Å². The first-order chi connectivity index (χ1) is 7.95. The Morgan fingerprint density at radius 2 is 2.12 bits per heavy atom. The summed E-state index contributed by atoms with van der Waals surface area (Å²) in [5, 5.41) is 19.5. The molecule has 0 aromatic carbocycles. The summed E-state index contributed by atoms with van der Waals surface area (Å²) in [6.07, 6.45) is 0. The molecule has 0 bridgehead atoms. The van der Waals surface area contributed by atoms with E-state index in [4.69, 9.17) is 10.2 Å². The first-order valence-corrected chi connectivity index (χ1v) is 5.08. The number of nitrogens with one attached hydrogen (secondary N) is 1. The molecule has 3 amide bonds. The zero-order valence-corrected chi connectivity index (χ0v) is 9.42. The highest BCUT2D eigenvalue weighted by atomic mass is 16.4. The van der Waals surface area contributed by atoms with Crippen LogP contribution in [-0.4, -0.2) is 77.3 Å². The highest BCUT2D eigenvalue weighted by Crippen LogP contribution is 2.01. The van der Waals surface area contributed by atoms with Crippen molar-refractivity contribution < 1.29 is 24.6 Å². The second kappa shape index (κ2) is 5.48. The fourth-order valence-corrected chi connectivity index (χ4v) is 1.36. The van der Waals surface area contributed by atoms with Gasteiger partial charge in [0.2, 0.25) is 5.91 Å². The molecule has 8 heteroatoms. The van der Waals surface area contributed by atoms with Crippen LogP contribution in [0.5, 0.6) is 0 Å². The average molecular weight is 245 g/mol. The maximum absolute atomic E-state index is 11.6. The van der Waals surface area contributed by atoms with Crippen LogP contribution in [0.15, 0.2) is 0 Å². The van der Waals surface area contributed by atoms with Gasteiger partial charge in [-0.15, -0.1) is 0 Å². The number of carbonyl (C=O) groups is 3. The lowest BCUT2D eigenvalue weighted by Crippen LogP contribution is -2.56. The Labute approximate surface area is 97.8 Å². The zero-order chi connectivity index (χ0) is 13.0. The number of rotatable bonds is 3. The standard InChI is InChI=1S/C9H15N3O5/c1-11-2-3-12(4-7(11)14)9(17)10-6(5-13)8(15)16/h6,13H,2-5H2,1H3,(H,10,17)(H,15,16)/t6-/m0/s1. The van der Waals surface area contributed by atoms with Crippen LogP contribution in [0.2, 0.25) is 0 Å². The molecule has 1 saturated heterocycles. The molecule has 0 aromatic heterocycles. The van der Waals surface area contributed by atoms with Gasteiger partial charge >= 0.3 is 12.0 Å². The van der Waals surface area contributed by atoms with E-state index in [1.807, 2.05) is 0 Å². The third kappa shape index (κ3) is 3.31. The molecule has 0 unspecified atom stereocenters. The molecule has 1 heterocycles. The molecule has 1 aliphatic rings. The number of aliphatic hydroxyl groups is 1. The topological polar surface area (TPSA) is 110 Å².